The minimum absolute atomic E-state index is 0.278. The van der Waals surface area contributed by atoms with Gasteiger partial charge in [-0.05, 0) is 23.3 Å². The number of furan rings is 1. The van der Waals surface area contributed by atoms with E-state index >= 15 is 0 Å². The molecule has 5 nitrogen and oxygen atoms in total. The normalized spacial score (nSPS) is 12.5. The molecule has 0 saturated carbocycles. The van der Waals surface area contributed by atoms with Crippen molar-refractivity contribution in [1.82, 2.24) is 4.72 Å². The molecule has 1 aromatic heterocycles. The van der Waals surface area contributed by atoms with Gasteiger partial charge in [-0.3, -0.25) is 4.21 Å². The third-order valence-corrected chi connectivity index (χ3v) is 3.82. The molecule has 22 heavy (non-hydrogen) atoms. The van der Waals surface area contributed by atoms with Crippen LogP contribution in [0.1, 0.15) is 5.56 Å². The van der Waals surface area contributed by atoms with Gasteiger partial charge in [0, 0.05) is 34.8 Å². The minimum atomic E-state index is -2.25. The molecular formula is C16H14NO4S-. The minimum Gasteiger partial charge on any atom is -0.760 e. The zero-order chi connectivity index (χ0) is 15.5. The number of methoxy groups -OCH3 is 1. The number of fused-ring (bicyclic) bond motifs is 1. The number of ether oxygens (including phenoxy) is 1. The molecule has 0 amide bonds. The Kier molecular flexibility index (Phi) is 4.24. The van der Waals surface area contributed by atoms with Crippen LogP contribution in [-0.2, 0) is 17.8 Å². The Bertz CT molecular complexity index is 811. The molecule has 0 spiro atoms. The Labute approximate surface area is 130 Å². The van der Waals surface area contributed by atoms with Gasteiger partial charge in [0.05, 0.1) is 13.4 Å². The molecule has 0 aliphatic heterocycles. The van der Waals surface area contributed by atoms with Crippen LogP contribution in [0, 0.1) is 0 Å². The average molecular weight is 316 g/mol. The Morgan fingerprint density at radius 2 is 2.00 bits per heavy atom. The highest BCUT2D eigenvalue weighted by Gasteiger charge is 2.09. The van der Waals surface area contributed by atoms with E-state index in [1.807, 2.05) is 42.5 Å². The summed E-state index contributed by atoms with van der Waals surface area (Å²) in [4.78, 5) is 0. The topological polar surface area (TPSA) is 74.5 Å². The maximum absolute atomic E-state index is 10.5. The van der Waals surface area contributed by atoms with Gasteiger partial charge in [0.1, 0.15) is 11.3 Å². The summed E-state index contributed by atoms with van der Waals surface area (Å²) in [6, 6.07) is 13.4. The molecule has 1 heterocycles. The van der Waals surface area contributed by atoms with Crippen molar-refractivity contribution in [2.45, 2.75) is 6.54 Å². The van der Waals surface area contributed by atoms with Crippen molar-refractivity contribution in [3.63, 3.8) is 0 Å². The van der Waals surface area contributed by atoms with Crippen molar-refractivity contribution < 1.29 is 17.9 Å². The molecule has 114 valence electrons. The van der Waals surface area contributed by atoms with Crippen LogP contribution in [0.15, 0.2) is 53.1 Å². The van der Waals surface area contributed by atoms with Crippen LogP contribution in [0.3, 0.4) is 0 Å². The Morgan fingerprint density at radius 3 is 2.68 bits per heavy atom. The third-order valence-electron chi connectivity index (χ3n) is 3.44. The third kappa shape index (κ3) is 3.04. The van der Waals surface area contributed by atoms with Crippen LogP contribution >= 0.6 is 0 Å². The van der Waals surface area contributed by atoms with Gasteiger partial charge in [-0.1, -0.05) is 24.3 Å². The molecule has 0 saturated heterocycles. The zero-order valence-electron chi connectivity index (χ0n) is 11.9. The predicted molar refractivity (Wildman–Crippen MR) is 84.0 cm³/mol. The van der Waals surface area contributed by atoms with Crippen LogP contribution in [0.2, 0.25) is 0 Å². The maximum atomic E-state index is 10.5. The lowest BCUT2D eigenvalue weighted by Gasteiger charge is -2.07. The first kappa shape index (κ1) is 14.8. The number of benzene rings is 2. The molecule has 3 aromatic rings. The standard InChI is InChI=1S/C16H15NO4S/c1-20-13-6-7-14-15(10-21-16(14)8-13)12-4-2-11(3-5-12)9-17-22(18)19/h2-8,10,17H,9H2,1H3,(H,18,19)/p-1. The van der Waals surface area contributed by atoms with Crippen molar-refractivity contribution in [3.05, 3.63) is 54.3 Å². The van der Waals surface area contributed by atoms with E-state index in [1.165, 1.54) is 0 Å². The van der Waals surface area contributed by atoms with E-state index in [1.54, 1.807) is 13.4 Å². The van der Waals surface area contributed by atoms with E-state index in [9.17, 15) is 8.76 Å². The van der Waals surface area contributed by atoms with Crippen LogP contribution < -0.4 is 9.46 Å². The van der Waals surface area contributed by atoms with Gasteiger partial charge in [-0.25, -0.2) is 4.72 Å². The Morgan fingerprint density at radius 1 is 1.23 bits per heavy atom. The number of nitrogens with one attached hydrogen (secondary N) is 1. The van der Waals surface area contributed by atoms with Gasteiger partial charge < -0.3 is 13.7 Å². The Balaban J connectivity index is 1.89. The SMILES string of the molecule is COc1ccc2c(-c3ccc(CNS(=O)[O-])cc3)coc2c1. The monoisotopic (exact) mass is 316 g/mol. The van der Waals surface area contributed by atoms with Crippen LogP contribution in [0.5, 0.6) is 5.75 Å². The molecule has 0 aliphatic rings. The summed E-state index contributed by atoms with van der Waals surface area (Å²) in [5, 5.41) is 1.01. The lowest BCUT2D eigenvalue weighted by Crippen LogP contribution is -2.15. The van der Waals surface area contributed by atoms with Gasteiger partial charge in [-0.2, -0.15) is 0 Å². The lowest BCUT2D eigenvalue weighted by molar-refractivity contribution is 0.414. The van der Waals surface area contributed by atoms with Gasteiger partial charge in [0.15, 0.2) is 0 Å². The first-order chi connectivity index (χ1) is 10.7. The zero-order valence-corrected chi connectivity index (χ0v) is 12.7. The van der Waals surface area contributed by atoms with Crippen molar-refractivity contribution >= 4 is 22.2 Å². The second kappa shape index (κ2) is 6.31. The fourth-order valence-corrected chi connectivity index (χ4v) is 2.59. The summed E-state index contributed by atoms with van der Waals surface area (Å²) in [7, 11) is 1.62. The van der Waals surface area contributed by atoms with Crippen LogP contribution in [-0.4, -0.2) is 15.9 Å². The molecule has 0 bridgehead atoms. The van der Waals surface area contributed by atoms with E-state index in [2.05, 4.69) is 4.72 Å². The molecule has 3 rings (SSSR count). The first-order valence-corrected chi connectivity index (χ1v) is 7.72. The summed E-state index contributed by atoms with van der Waals surface area (Å²) in [5.74, 6) is 0.750. The quantitative estimate of drug-likeness (QED) is 0.734. The van der Waals surface area contributed by atoms with Crippen LogP contribution in [0.4, 0.5) is 0 Å². The van der Waals surface area contributed by atoms with Gasteiger partial charge in [0.25, 0.3) is 0 Å². The summed E-state index contributed by atoms with van der Waals surface area (Å²) < 4.78 is 34.1. The average Bonchev–Trinajstić information content (AvgIpc) is 2.96. The van der Waals surface area contributed by atoms with E-state index in [-0.39, 0.29) is 6.54 Å². The highest BCUT2D eigenvalue weighted by atomic mass is 32.2. The smallest absolute Gasteiger partial charge is 0.138 e. The molecule has 1 atom stereocenters. The molecule has 0 radical (unpaired) electrons. The molecule has 1 unspecified atom stereocenters. The van der Waals surface area contributed by atoms with E-state index in [0.717, 1.165) is 33.4 Å². The summed E-state index contributed by atoms with van der Waals surface area (Å²) in [5.41, 5.74) is 3.66. The van der Waals surface area contributed by atoms with Gasteiger partial charge in [-0.15, -0.1) is 0 Å². The molecule has 6 heteroatoms. The first-order valence-electron chi connectivity index (χ1n) is 6.64. The largest absolute Gasteiger partial charge is 0.760 e. The molecular weight excluding hydrogens is 302 g/mol. The lowest BCUT2D eigenvalue weighted by atomic mass is 10.0. The van der Waals surface area contributed by atoms with E-state index in [0.29, 0.717) is 0 Å². The van der Waals surface area contributed by atoms with Gasteiger partial charge in [0.2, 0.25) is 0 Å². The maximum Gasteiger partial charge on any atom is 0.138 e. The summed E-state index contributed by atoms with van der Waals surface area (Å²) in [6.07, 6.45) is 1.71. The second-order valence-corrected chi connectivity index (χ2v) is 5.52. The molecule has 0 fully saturated rings. The van der Waals surface area contributed by atoms with Crippen molar-refractivity contribution in [1.29, 1.82) is 0 Å². The number of hydrogen-bond acceptors (Lipinski definition) is 4. The Hall–Kier alpha value is -2.15. The second-order valence-electron chi connectivity index (χ2n) is 4.76. The fourth-order valence-electron chi connectivity index (χ4n) is 2.30. The molecule has 1 N–H and O–H groups in total. The van der Waals surface area contributed by atoms with Crippen LogP contribution in [0.25, 0.3) is 22.1 Å². The van der Waals surface area contributed by atoms with Crippen molar-refractivity contribution in [3.8, 4) is 16.9 Å². The molecule has 0 aliphatic carbocycles. The van der Waals surface area contributed by atoms with Crippen molar-refractivity contribution in [2.24, 2.45) is 0 Å². The van der Waals surface area contributed by atoms with Crippen molar-refractivity contribution in [2.75, 3.05) is 7.11 Å². The van der Waals surface area contributed by atoms with E-state index < -0.39 is 11.3 Å². The number of hydrogen-bond donors (Lipinski definition) is 1. The summed E-state index contributed by atoms with van der Waals surface area (Å²) >= 11 is -2.25. The predicted octanol–water partition coefficient (Wildman–Crippen LogP) is 2.99. The fraction of sp³-hybridized carbons (Fsp3) is 0.125. The highest BCUT2D eigenvalue weighted by Crippen LogP contribution is 2.32. The van der Waals surface area contributed by atoms with E-state index in [4.69, 9.17) is 9.15 Å². The number of rotatable bonds is 5. The van der Waals surface area contributed by atoms with Gasteiger partial charge >= 0.3 is 0 Å². The summed E-state index contributed by atoms with van der Waals surface area (Å²) in [6.45, 7) is 0.278. The highest BCUT2D eigenvalue weighted by molar-refractivity contribution is 7.77. The molecule has 2 aromatic carbocycles.